The number of piperazine rings is 1. The first-order valence-corrected chi connectivity index (χ1v) is 7.49. The summed E-state index contributed by atoms with van der Waals surface area (Å²) < 4.78 is 5.33. The number of hydrogen-bond acceptors (Lipinski definition) is 7. The zero-order chi connectivity index (χ0) is 13.8. The smallest absolute Gasteiger partial charge is 0.231 e. The molecule has 1 aromatic rings. The van der Waals surface area contributed by atoms with Crippen molar-refractivity contribution in [3.8, 4) is 5.88 Å². The third kappa shape index (κ3) is 3.10. The molecule has 7 heteroatoms. The van der Waals surface area contributed by atoms with E-state index >= 15 is 0 Å². The summed E-state index contributed by atoms with van der Waals surface area (Å²) in [5.74, 6) is 1.37. The lowest BCUT2D eigenvalue weighted by Crippen LogP contribution is -2.58. The summed E-state index contributed by atoms with van der Waals surface area (Å²) in [5, 5.41) is 3.31. The topological polar surface area (TPSA) is 53.5 Å². The van der Waals surface area contributed by atoms with Gasteiger partial charge in [0, 0.05) is 25.8 Å². The number of nitrogens with zero attached hydrogens (tertiary/aromatic N) is 4. The second-order valence-electron chi connectivity index (χ2n) is 4.51. The van der Waals surface area contributed by atoms with Crippen molar-refractivity contribution < 1.29 is 4.74 Å². The molecule has 6 nitrogen and oxygen atoms in total. The molecule has 1 N–H and O–H groups in total. The Labute approximate surface area is 118 Å². The highest BCUT2D eigenvalue weighted by atomic mass is 32.2. The molecule has 0 amide bonds. The van der Waals surface area contributed by atoms with Crippen molar-refractivity contribution in [3.05, 3.63) is 6.20 Å². The van der Waals surface area contributed by atoms with E-state index in [1.165, 1.54) is 0 Å². The summed E-state index contributed by atoms with van der Waals surface area (Å²) in [7, 11) is 5.73. The van der Waals surface area contributed by atoms with E-state index in [4.69, 9.17) is 4.74 Å². The number of likely N-dealkylation sites (N-methyl/N-ethyl adjacent to an activating group) is 2. The van der Waals surface area contributed by atoms with Crippen LogP contribution in [-0.4, -0.2) is 68.1 Å². The second kappa shape index (κ2) is 6.40. The van der Waals surface area contributed by atoms with Gasteiger partial charge in [-0.2, -0.15) is 4.98 Å². The number of anilines is 1. The largest absolute Gasteiger partial charge is 0.480 e. The number of hydrogen-bond donors (Lipinski definition) is 1. The van der Waals surface area contributed by atoms with E-state index in [1.807, 2.05) is 19.5 Å². The third-order valence-electron chi connectivity index (χ3n) is 3.30. The minimum Gasteiger partial charge on any atom is -0.480 e. The quantitative estimate of drug-likeness (QED) is 0.808. The van der Waals surface area contributed by atoms with Crippen molar-refractivity contribution >= 4 is 17.7 Å². The van der Waals surface area contributed by atoms with Gasteiger partial charge in [-0.3, -0.25) is 5.32 Å². The van der Waals surface area contributed by atoms with Crippen molar-refractivity contribution in [2.24, 2.45) is 0 Å². The summed E-state index contributed by atoms with van der Waals surface area (Å²) >= 11 is 1.59. The molecular weight excluding hydrogens is 262 g/mol. The van der Waals surface area contributed by atoms with Crippen LogP contribution in [0.5, 0.6) is 5.88 Å². The molecule has 1 fully saturated rings. The van der Waals surface area contributed by atoms with Gasteiger partial charge in [-0.25, -0.2) is 4.98 Å². The van der Waals surface area contributed by atoms with Crippen molar-refractivity contribution in [2.75, 3.05) is 52.0 Å². The second-order valence-corrected chi connectivity index (χ2v) is 5.36. The van der Waals surface area contributed by atoms with Crippen molar-refractivity contribution in [3.63, 3.8) is 0 Å². The van der Waals surface area contributed by atoms with Gasteiger partial charge in [0.15, 0.2) is 0 Å². The van der Waals surface area contributed by atoms with Crippen LogP contribution in [0, 0.1) is 0 Å². The normalized spacial score (nSPS) is 20.6. The van der Waals surface area contributed by atoms with E-state index in [0.29, 0.717) is 5.88 Å². The minimum atomic E-state index is 0.226. The molecule has 1 aromatic heterocycles. The molecule has 2 heterocycles. The molecule has 1 aliphatic heterocycles. The van der Waals surface area contributed by atoms with E-state index in [-0.39, 0.29) is 6.17 Å². The summed E-state index contributed by atoms with van der Waals surface area (Å²) in [6.45, 7) is 2.87. The van der Waals surface area contributed by atoms with E-state index < -0.39 is 0 Å². The Morgan fingerprint density at radius 1 is 1.47 bits per heavy atom. The molecule has 1 saturated heterocycles. The molecule has 0 radical (unpaired) electrons. The Hall–Kier alpha value is -1.05. The zero-order valence-corrected chi connectivity index (χ0v) is 12.7. The fraction of sp³-hybridized carbons (Fsp3) is 0.667. The van der Waals surface area contributed by atoms with Gasteiger partial charge < -0.3 is 14.5 Å². The fourth-order valence-corrected chi connectivity index (χ4v) is 2.64. The average molecular weight is 283 g/mol. The highest BCUT2D eigenvalue weighted by Gasteiger charge is 2.26. The van der Waals surface area contributed by atoms with Crippen LogP contribution >= 0.6 is 11.8 Å². The maximum atomic E-state index is 5.33. The lowest BCUT2D eigenvalue weighted by molar-refractivity contribution is 0.249. The molecular formula is C12H21N5OS. The molecule has 2 rings (SSSR count). The predicted molar refractivity (Wildman–Crippen MR) is 78.1 cm³/mol. The van der Waals surface area contributed by atoms with Crippen molar-refractivity contribution in [2.45, 2.75) is 11.1 Å². The zero-order valence-electron chi connectivity index (χ0n) is 11.9. The molecule has 0 aromatic carbocycles. The summed E-state index contributed by atoms with van der Waals surface area (Å²) in [6, 6.07) is 0. The van der Waals surface area contributed by atoms with Crippen LogP contribution in [0.25, 0.3) is 0 Å². The maximum absolute atomic E-state index is 5.33. The number of rotatable bonds is 4. The van der Waals surface area contributed by atoms with Gasteiger partial charge in [-0.05, 0) is 20.4 Å². The Kier molecular flexibility index (Phi) is 4.84. The number of ether oxygens (including phenoxy) is 1. The van der Waals surface area contributed by atoms with Gasteiger partial charge in [0.1, 0.15) is 0 Å². The highest BCUT2D eigenvalue weighted by Crippen LogP contribution is 2.27. The average Bonchev–Trinajstić information content (AvgIpc) is 2.46. The van der Waals surface area contributed by atoms with Gasteiger partial charge in [0.25, 0.3) is 0 Å². The van der Waals surface area contributed by atoms with Gasteiger partial charge in [0.2, 0.25) is 11.8 Å². The van der Waals surface area contributed by atoms with Gasteiger partial charge >= 0.3 is 0 Å². The number of aromatic nitrogens is 2. The number of thioether (sulfide) groups is 1. The van der Waals surface area contributed by atoms with E-state index in [2.05, 4.69) is 32.1 Å². The molecule has 1 atom stereocenters. The first-order valence-electron chi connectivity index (χ1n) is 6.27. The minimum absolute atomic E-state index is 0.226. The first kappa shape index (κ1) is 14.4. The van der Waals surface area contributed by atoms with Crippen LogP contribution in [0.3, 0.4) is 0 Å². The monoisotopic (exact) mass is 283 g/mol. The summed E-state index contributed by atoms with van der Waals surface area (Å²) in [4.78, 5) is 14.4. The molecule has 106 valence electrons. The fourth-order valence-electron chi connectivity index (χ4n) is 2.18. The van der Waals surface area contributed by atoms with E-state index in [9.17, 15) is 0 Å². The Balaban J connectivity index is 2.25. The van der Waals surface area contributed by atoms with E-state index in [1.54, 1.807) is 18.9 Å². The maximum Gasteiger partial charge on any atom is 0.231 e. The number of methoxy groups -OCH3 is 1. The first-order chi connectivity index (χ1) is 9.19. The molecule has 0 saturated carbocycles. The van der Waals surface area contributed by atoms with Crippen molar-refractivity contribution in [1.82, 2.24) is 20.2 Å². The molecule has 0 aliphatic carbocycles. The van der Waals surface area contributed by atoms with Gasteiger partial charge in [-0.15, -0.1) is 11.8 Å². The molecule has 1 unspecified atom stereocenters. The Bertz CT molecular complexity index is 431. The molecule has 19 heavy (non-hydrogen) atoms. The van der Waals surface area contributed by atoms with Crippen molar-refractivity contribution in [1.29, 1.82) is 0 Å². The molecule has 0 spiro atoms. The third-order valence-corrected chi connectivity index (χ3v) is 4.02. The summed E-state index contributed by atoms with van der Waals surface area (Å²) in [5.41, 5.74) is 0. The van der Waals surface area contributed by atoms with Crippen LogP contribution in [0.1, 0.15) is 0 Å². The van der Waals surface area contributed by atoms with Crippen LogP contribution in [-0.2, 0) is 0 Å². The van der Waals surface area contributed by atoms with Crippen LogP contribution in [0.2, 0.25) is 0 Å². The van der Waals surface area contributed by atoms with Crippen LogP contribution < -0.4 is 15.0 Å². The SMILES string of the molecule is CNC1CN(C)CCN1c1ncc(SC)c(OC)n1. The van der Waals surface area contributed by atoms with Crippen LogP contribution in [0.4, 0.5) is 5.95 Å². The summed E-state index contributed by atoms with van der Waals surface area (Å²) in [6.07, 6.45) is 4.05. The predicted octanol–water partition coefficient (Wildman–Crippen LogP) is 0.504. The lowest BCUT2D eigenvalue weighted by Gasteiger charge is -2.39. The van der Waals surface area contributed by atoms with Crippen LogP contribution in [0.15, 0.2) is 11.1 Å². The van der Waals surface area contributed by atoms with Gasteiger partial charge in [-0.1, -0.05) is 0 Å². The van der Waals surface area contributed by atoms with Gasteiger partial charge in [0.05, 0.1) is 18.2 Å². The lowest BCUT2D eigenvalue weighted by atomic mass is 10.3. The highest BCUT2D eigenvalue weighted by molar-refractivity contribution is 7.98. The molecule has 0 bridgehead atoms. The molecule has 1 aliphatic rings. The Morgan fingerprint density at radius 2 is 2.26 bits per heavy atom. The Morgan fingerprint density at radius 3 is 2.89 bits per heavy atom. The number of nitrogens with one attached hydrogen (secondary N) is 1. The standard InChI is InChI=1S/C12H21N5OS/c1-13-10-8-16(2)5-6-17(10)12-14-7-9(19-4)11(15-12)18-3/h7,10,13H,5-6,8H2,1-4H3. The van der Waals surface area contributed by atoms with E-state index in [0.717, 1.165) is 30.5 Å².